The number of piperazine rings is 1. The van der Waals surface area contributed by atoms with Crippen molar-refractivity contribution in [3.63, 3.8) is 0 Å². The number of carbonyl (C=O) groups excluding carboxylic acids is 2. The van der Waals surface area contributed by atoms with Crippen molar-refractivity contribution in [2.45, 2.75) is 34.1 Å². The van der Waals surface area contributed by atoms with Crippen LogP contribution in [0.4, 0.5) is 0 Å². The number of hydrogen-bond donors (Lipinski definition) is 1. The summed E-state index contributed by atoms with van der Waals surface area (Å²) < 4.78 is 0. The number of nitrogens with zero attached hydrogens (tertiary/aromatic N) is 2. The highest BCUT2D eigenvalue weighted by Gasteiger charge is 2.23. The number of ketones is 1. The van der Waals surface area contributed by atoms with Gasteiger partial charge in [-0.2, -0.15) is 0 Å². The summed E-state index contributed by atoms with van der Waals surface area (Å²) in [5.41, 5.74) is 2.74. The summed E-state index contributed by atoms with van der Waals surface area (Å²) in [6, 6.07) is 1.92. The zero-order valence-electron chi connectivity index (χ0n) is 14.1. The number of carbonyl (C=O) groups is 2. The summed E-state index contributed by atoms with van der Waals surface area (Å²) >= 11 is 0. The van der Waals surface area contributed by atoms with E-state index >= 15 is 0 Å². The van der Waals surface area contributed by atoms with Crippen LogP contribution >= 0.6 is 0 Å². The molecule has 122 valence electrons. The number of hydrogen-bond acceptors (Lipinski definition) is 3. The van der Waals surface area contributed by atoms with Gasteiger partial charge in [-0.15, -0.1) is 0 Å². The molecule has 2 rings (SSSR count). The highest BCUT2D eigenvalue weighted by Crippen LogP contribution is 2.13. The van der Waals surface area contributed by atoms with Crippen molar-refractivity contribution >= 4 is 11.7 Å². The Labute approximate surface area is 132 Å². The fraction of sp³-hybridized carbons (Fsp3) is 0.647. The molecule has 1 aromatic rings. The lowest BCUT2D eigenvalue weighted by atomic mass is 10.1. The summed E-state index contributed by atoms with van der Waals surface area (Å²) in [5.74, 6) is 0.786. The highest BCUT2D eigenvalue weighted by molar-refractivity contribution is 5.98. The molecule has 0 bridgehead atoms. The molecule has 1 aromatic heterocycles. The number of amides is 1. The van der Waals surface area contributed by atoms with Gasteiger partial charge in [-0.3, -0.25) is 14.5 Å². The third-order valence-corrected chi connectivity index (χ3v) is 4.13. The van der Waals surface area contributed by atoms with Gasteiger partial charge in [-0.1, -0.05) is 13.8 Å². The number of aromatic amines is 1. The van der Waals surface area contributed by atoms with Gasteiger partial charge in [0.05, 0.1) is 6.54 Å². The first-order valence-corrected chi connectivity index (χ1v) is 8.06. The Balaban J connectivity index is 1.83. The lowest BCUT2D eigenvalue weighted by Crippen LogP contribution is -2.50. The molecule has 0 atom stereocenters. The minimum absolute atomic E-state index is 0.156. The van der Waals surface area contributed by atoms with Crippen LogP contribution < -0.4 is 0 Å². The highest BCUT2D eigenvalue weighted by atomic mass is 16.2. The molecule has 2 heterocycles. The van der Waals surface area contributed by atoms with Crippen molar-refractivity contribution in [3.8, 4) is 0 Å². The Morgan fingerprint density at radius 3 is 2.32 bits per heavy atom. The Morgan fingerprint density at radius 2 is 1.82 bits per heavy atom. The van der Waals surface area contributed by atoms with Crippen LogP contribution in [0, 0.1) is 19.8 Å². The lowest BCUT2D eigenvalue weighted by molar-refractivity contribution is -0.133. The quantitative estimate of drug-likeness (QED) is 0.847. The summed E-state index contributed by atoms with van der Waals surface area (Å²) in [5, 5.41) is 0. The molecule has 22 heavy (non-hydrogen) atoms. The van der Waals surface area contributed by atoms with Crippen LogP contribution in [0.15, 0.2) is 6.07 Å². The number of Topliss-reactive ketones (excluding diaryl/α,β-unsaturated/α-hetero) is 1. The molecule has 1 aliphatic heterocycles. The molecular formula is C17H27N3O2. The zero-order valence-corrected chi connectivity index (χ0v) is 14.1. The third kappa shape index (κ3) is 4.19. The normalized spacial score (nSPS) is 16.3. The zero-order chi connectivity index (χ0) is 16.3. The van der Waals surface area contributed by atoms with Crippen LogP contribution in [-0.4, -0.2) is 59.2 Å². The number of aromatic nitrogens is 1. The van der Waals surface area contributed by atoms with E-state index in [0.29, 0.717) is 18.9 Å². The van der Waals surface area contributed by atoms with Crippen molar-refractivity contribution < 1.29 is 9.59 Å². The van der Waals surface area contributed by atoms with Gasteiger partial charge in [0, 0.05) is 49.6 Å². The van der Waals surface area contributed by atoms with E-state index in [-0.39, 0.29) is 11.7 Å². The fourth-order valence-corrected chi connectivity index (χ4v) is 2.94. The van der Waals surface area contributed by atoms with Crippen LogP contribution in [-0.2, 0) is 4.79 Å². The maximum atomic E-state index is 12.4. The van der Waals surface area contributed by atoms with E-state index in [1.807, 2.05) is 24.8 Å². The van der Waals surface area contributed by atoms with Crippen LogP contribution in [0.2, 0.25) is 0 Å². The van der Waals surface area contributed by atoms with E-state index in [1.54, 1.807) is 0 Å². The smallest absolute Gasteiger partial charge is 0.222 e. The first-order valence-electron chi connectivity index (χ1n) is 8.06. The largest absolute Gasteiger partial charge is 0.362 e. The van der Waals surface area contributed by atoms with E-state index in [2.05, 4.69) is 23.7 Å². The van der Waals surface area contributed by atoms with Crippen LogP contribution in [0.1, 0.15) is 42.0 Å². The second-order valence-electron chi connectivity index (χ2n) is 6.67. The van der Waals surface area contributed by atoms with E-state index in [4.69, 9.17) is 0 Å². The van der Waals surface area contributed by atoms with Gasteiger partial charge >= 0.3 is 0 Å². The Hall–Kier alpha value is -1.62. The molecule has 0 saturated carbocycles. The molecule has 0 unspecified atom stereocenters. The van der Waals surface area contributed by atoms with Crippen molar-refractivity contribution in [1.82, 2.24) is 14.8 Å². The van der Waals surface area contributed by atoms with E-state index < -0.39 is 0 Å². The second-order valence-corrected chi connectivity index (χ2v) is 6.67. The Bertz CT molecular complexity index is 540. The van der Waals surface area contributed by atoms with Crippen LogP contribution in [0.5, 0.6) is 0 Å². The van der Waals surface area contributed by atoms with Crippen molar-refractivity contribution in [2.75, 3.05) is 32.7 Å². The Kier molecular flexibility index (Phi) is 5.40. The van der Waals surface area contributed by atoms with E-state index in [0.717, 1.165) is 43.1 Å². The van der Waals surface area contributed by atoms with Crippen LogP contribution in [0.25, 0.3) is 0 Å². The molecule has 0 spiro atoms. The average molecular weight is 305 g/mol. The van der Waals surface area contributed by atoms with Gasteiger partial charge in [0.1, 0.15) is 0 Å². The molecule has 1 saturated heterocycles. The number of rotatable bonds is 5. The summed E-state index contributed by atoms with van der Waals surface area (Å²) in [6.07, 6.45) is 0.612. The van der Waals surface area contributed by atoms with E-state index in [9.17, 15) is 9.59 Å². The third-order valence-electron chi connectivity index (χ3n) is 4.13. The summed E-state index contributed by atoms with van der Waals surface area (Å²) in [4.78, 5) is 31.6. The van der Waals surface area contributed by atoms with Gasteiger partial charge < -0.3 is 9.88 Å². The van der Waals surface area contributed by atoms with Gasteiger partial charge in [0.15, 0.2) is 5.78 Å². The molecule has 0 aromatic carbocycles. The maximum Gasteiger partial charge on any atom is 0.222 e. The fourth-order valence-electron chi connectivity index (χ4n) is 2.94. The first-order chi connectivity index (χ1) is 10.4. The lowest BCUT2D eigenvalue weighted by Gasteiger charge is -2.34. The minimum atomic E-state index is 0.156. The summed E-state index contributed by atoms with van der Waals surface area (Å²) in [7, 11) is 0. The number of H-pyrrole nitrogens is 1. The van der Waals surface area contributed by atoms with Gasteiger partial charge in [-0.05, 0) is 25.8 Å². The monoisotopic (exact) mass is 305 g/mol. The molecule has 1 fully saturated rings. The van der Waals surface area contributed by atoms with E-state index in [1.165, 1.54) is 0 Å². The molecule has 0 aliphatic carbocycles. The molecule has 5 heteroatoms. The topological polar surface area (TPSA) is 56.4 Å². The predicted octanol–water partition coefficient (Wildman–Crippen LogP) is 2.00. The van der Waals surface area contributed by atoms with Crippen molar-refractivity contribution in [3.05, 3.63) is 23.0 Å². The SMILES string of the molecule is Cc1cc(C(=O)CN2CCN(C(=O)CC(C)C)CC2)c(C)[nH]1. The molecule has 1 amide bonds. The minimum Gasteiger partial charge on any atom is -0.362 e. The van der Waals surface area contributed by atoms with Crippen molar-refractivity contribution in [1.29, 1.82) is 0 Å². The number of nitrogens with one attached hydrogen (secondary N) is 1. The molecular weight excluding hydrogens is 278 g/mol. The molecule has 1 N–H and O–H groups in total. The van der Waals surface area contributed by atoms with Gasteiger partial charge in [0.2, 0.25) is 5.91 Å². The van der Waals surface area contributed by atoms with Crippen LogP contribution in [0.3, 0.4) is 0 Å². The molecule has 5 nitrogen and oxygen atoms in total. The second kappa shape index (κ2) is 7.09. The number of aryl methyl sites for hydroxylation is 2. The first kappa shape index (κ1) is 16.7. The maximum absolute atomic E-state index is 12.4. The molecule has 0 radical (unpaired) electrons. The van der Waals surface area contributed by atoms with Gasteiger partial charge in [-0.25, -0.2) is 0 Å². The van der Waals surface area contributed by atoms with Crippen molar-refractivity contribution in [2.24, 2.45) is 5.92 Å². The predicted molar refractivity (Wildman–Crippen MR) is 87.1 cm³/mol. The average Bonchev–Trinajstić information content (AvgIpc) is 2.78. The summed E-state index contributed by atoms with van der Waals surface area (Å²) in [6.45, 7) is 11.5. The standard InChI is InChI=1S/C17H27N3O2/c1-12(2)9-17(22)20-7-5-19(6-8-20)11-16(21)15-10-13(3)18-14(15)4/h10,12,18H,5-9,11H2,1-4H3. The Morgan fingerprint density at radius 1 is 1.18 bits per heavy atom. The molecule has 1 aliphatic rings. The van der Waals surface area contributed by atoms with Gasteiger partial charge in [0.25, 0.3) is 0 Å².